The number of aliphatic carboxylic acids is 1. The summed E-state index contributed by atoms with van der Waals surface area (Å²) in [6.45, 7) is 10.3. The van der Waals surface area contributed by atoms with Crippen LogP contribution in [0.1, 0.15) is 23.1 Å². The molecular weight excluding hydrogens is 433 g/mol. The Bertz CT molecular complexity index is 777. The highest BCUT2D eigenvalue weighted by atomic mass is 19.4. The number of hydrogen-bond acceptors (Lipinski definition) is 7. The van der Waals surface area contributed by atoms with Gasteiger partial charge in [0.1, 0.15) is 5.69 Å². The molecule has 0 aromatic carbocycles. The topological polar surface area (TPSA) is 105 Å². The van der Waals surface area contributed by atoms with Crippen molar-refractivity contribution >= 4 is 11.9 Å². The zero-order valence-corrected chi connectivity index (χ0v) is 18.4. The standard InChI is InChI=1S/C18H28N4O3.C2HF3O2/c1-14-10-21(4-6-24-3)11-18(14)12-22(5-7-25-13-18)17(23)16-9-19-15(2)8-20-16;3-2(4,5)1(6)7/h8-9,14H,4-7,10-13H2,1-3H3;(H,6,7)/t14-,18+;/m1./s1. The molecule has 180 valence electrons. The number of amides is 1. The molecule has 0 bridgehead atoms. The largest absolute Gasteiger partial charge is 0.490 e. The quantitative estimate of drug-likeness (QED) is 0.718. The lowest BCUT2D eigenvalue weighted by Crippen LogP contribution is -2.46. The van der Waals surface area contributed by atoms with Gasteiger partial charge in [-0.1, -0.05) is 6.92 Å². The number of nitrogens with zero attached hydrogens (tertiary/aromatic N) is 4. The monoisotopic (exact) mass is 462 g/mol. The maximum atomic E-state index is 12.9. The van der Waals surface area contributed by atoms with Gasteiger partial charge in [0.2, 0.25) is 0 Å². The van der Waals surface area contributed by atoms with E-state index < -0.39 is 12.1 Å². The Kier molecular flexibility index (Phi) is 8.93. The third kappa shape index (κ3) is 6.84. The number of carbonyl (C=O) groups is 2. The number of alkyl halides is 3. The molecule has 12 heteroatoms. The van der Waals surface area contributed by atoms with Crippen molar-refractivity contribution in [2.45, 2.75) is 20.0 Å². The number of carbonyl (C=O) groups excluding carboxylic acids is 1. The minimum absolute atomic E-state index is 0.0297. The molecule has 2 atom stereocenters. The molecule has 3 heterocycles. The number of methoxy groups -OCH3 is 1. The summed E-state index contributed by atoms with van der Waals surface area (Å²) in [7, 11) is 1.73. The lowest BCUT2D eigenvalue weighted by atomic mass is 9.79. The van der Waals surface area contributed by atoms with Crippen LogP contribution in [0.3, 0.4) is 0 Å². The number of aromatic nitrogens is 2. The van der Waals surface area contributed by atoms with Crippen molar-refractivity contribution in [3.05, 3.63) is 23.8 Å². The second-order valence-electron chi connectivity index (χ2n) is 8.12. The van der Waals surface area contributed by atoms with E-state index in [1.54, 1.807) is 19.5 Å². The zero-order chi connectivity index (χ0) is 23.9. The number of carboxylic acid groups (broad SMARTS) is 1. The molecular formula is C20H29F3N4O5. The fourth-order valence-electron chi connectivity index (χ4n) is 3.82. The number of likely N-dealkylation sites (tertiary alicyclic amines) is 1. The average molecular weight is 462 g/mol. The number of rotatable bonds is 4. The van der Waals surface area contributed by atoms with Gasteiger partial charge in [-0.15, -0.1) is 0 Å². The van der Waals surface area contributed by atoms with E-state index in [2.05, 4.69) is 21.8 Å². The fourth-order valence-corrected chi connectivity index (χ4v) is 3.82. The van der Waals surface area contributed by atoms with E-state index in [4.69, 9.17) is 19.4 Å². The van der Waals surface area contributed by atoms with Crippen molar-refractivity contribution < 1.29 is 37.3 Å². The summed E-state index contributed by atoms with van der Waals surface area (Å²) in [6, 6.07) is 0. The minimum Gasteiger partial charge on any atom is -0.475 e. The number of halogens is 3. The molecule has 1 aromatic heterocycles. The van der Waals surface area contributed by atoms with Gasteiger partial charge in [-0.2, -0.15) is 13.2 Å². The lowest BCUT2D eigenvalue weighted by Gasteiger charge is -2.35. The highest BCUT2D eigenvalue weighted by molar-refractivity contribution is 5.92. The molecule has 0 unspecified atom stereocenters. The van der Waals surface area contributed by atoms with E-state index in [9.17, 15) is 18.0 Å². The molecule has 0 aliphatic carbocycles. The molecule has 2 fully saturated rings. The van der Waals surface area contributed by atoms with Crippen LogP contribution in [0.25, 0.3) is 0 Å². The molecule has 9 nitrogen and oxygen atoms in total. The van der Waals surface area contributed by atoms with Crippen LogP contribution in [-0.2, 0) is 14.3 Å². The van der Waals surface area contributed by atoms with Crippen LogP contribution >= 0.6 is 0 Å². The molecule has 3 rings (SSSR count). The SMILES string of the molecule is COCCN1C[C@@H](C)[C@@]2(COCCN(C(=O)c3cnc(C)cn3)C2)C1.O=C(O)C(F)(F)F. The van der Waals surface area contributed by atoms with Crippen molar-refractivity contribution in [1.82, 2.24) is 19.8 Å². The summed E-state index contributed by atoms with van der Waals surface area (Å²) < 4.78 is 42.9. The Morgan fingerprint density at radius 3 is 2.56 bits per heavy atom. The normalized spacial score (nSPS) is 24.1. The van der Waals surface area contributed by atoms with E-state index in [1.165, 1.54) is 0 Å². The Labute approximate surface area is 184 Å². The van der Waals surface area contributed by atoms with E-state index in [1.807, 2.05) is 11.8 Å². The van der Waals surface area contributed by atoms with Gasteiger partial charge in [0.05, 0.1) is 31.7 Å². The van der Waals surface area contributed by atoms with Crippen LogP contribution in [-0.4, -0.2) is 103 Å². The lowest BCUT2D eigenvalue weighted by molar-refractivity contribution is -0.192. The predicted molar refractivity (Wildman–Crippen MR) is 107 cm³/mol. The predicted octanol–water partition coefficient (Wildman–Crippen LogP) is 1.48. The number of ether oxygens (including phenoxy) is 2. The first-order valence-corrected chi connectivity index (χ1v) is 10.2. The van der Waals surface area contributed by atoms with Gasteiger partial charge in [0.15, 0.2) is 0 Å². The molecule has 2 aliphatic rings. The van der Waals surface area contributed by atoms with Crippen LogP contribution in [0.4, 0.5) is 13.2 Å². The van der Waals surface area contributed by atoms with Gasteiger partial charge >= 0.3 is 12.1 Å². The van der Waals surface area contributed by atoms with E-state index >= 15 is 0 Å². The molecule has 1 N–H and O–H groups in total. The van der Waals surface area contributed by atoms with Gasteiger partial charge < -0.3 is 24.4 Å². The molecule has 1 aromatic rings. The maximum Gasteiger partial charge on any atom is 0.490 e. The molecule has 32 heavy (non-hydrogen) atoms. The van der Waals surface area contributed by atoms with Crippen molar-refractivity contribution in [2.75, 3.05) is 59.7 Å². The van der Waals surface area contributed by atoms with Crippen LogP contribution in [0.2, 0.25) is 0 Å². The third-order valence-corrected chi connectivity index (χ3v) is 5.66. The summed E-state index contributed by atoms with van der Waals surface area (Å²) in [5, 5.41) is 7.12. The number of carboxylic acids is 1. The molecule has 0 radical (unpaired) electrons. The van der Waals surface area contributed by atoms with E-state index in [0.717, 1.165) is 31.9 Å². The van der Waals surface area contributed by atoms with Crippen molar-refractivity contribution in [1.29, 1.82) is 0 Å². The van der Waals surface area contributed by atoms with Gasteiger partial charge in [-0.3, -0.25) is 9.78 Å². The molecule has 1 spiro atoms. The first kappa shape index (κ1) is 25.9. The van der Waals surface area contributed by atoms with Gasteiger partial charge in [0, 0.05) is 51.4 Å². The summed E-state index contributed by atoms with van der Waals surface area (Å²) in [5.74, 6) is -2.35. The van der Waals surface area contributed by atoms with Crippen molar-refractivity contribution in [3.8, 4) is 0 Å². The average Bonchev–Trinajstić information content (AvgIpc) is 2.88. The highest BCUT2D eigenvalue weighted by Crippen LogP contribution is 2.38. The second-order valence-corrected chi connectivity index (χ2v) is 8.12. The third-order valence-electron chi connectivity index (χ3n) is 5.66. The second kappa shape index (κ2) is 11.0. The smallest absolute Gasteiger partial charge is 0.475 e. The fraction of sp³-hybridized carbons (Fsp3) is 0.700. The maximum absolute atomic E-state index is 12.9. The van der Waals surface area contributed by atoms with E-state index in [-0.39, 0.29) is 11.3 Å². The minimum atomic E-state index is -5.08. The van der Waals surface area contributed by atoms with E-state index in [0.29, 0.717) is 37.9 Å². The van der Waals surface area contributed by atoms with Crippen LogP contribution in [0, 0.1) is 18.3 Å². The summed E-state index contributed by atoms with van der Waals surface area (Å²) in [4.78, 5) is 34.6. The first-order valence-electron chi connectivity index (χ1n) is 10.2. The molecule has 2 saturated heterocycles. The Morgan fingerprint density at radius 2 is 2.00 bits per heavy atom. The number of aryl methyl sites for hydroxylation is 1. The van der Waals surface area contributed by atoms with Crippen LogP contribution in [0.5, 0.6) is 0 Å². The summed E-state index contributed by atoms with van der Waals surface area (Å²) in [5.41, 5.74) is 1.19. The summed E-state index contributed by atoms with van der Waals surface area (Å²) in [6.07, 6.45) is -1.87. The Morgan fingerprint density at radius 1 is 1.31 bits per heavy atom. The summed E-state index contributed by atoms with van der Waals surface area (Å²) >= 11 is 0. The van der Waals surface area contributed by atoms with Crippen LogP contribution < -0.4 is 0 Å². The molecule has 0 saturated carbocycles. The van der Waals surface area contributed by atoms with Gasteiger partial charge in [-0.05, 0) is 12.8 Å². The molecule has 1 amide bonds. The van der Waals surface area contributed by atoms with Gasteiger partial charge in [0.25, 0.3) is 5.91 Å². The number of hydrogen-bond donors (Lipinski definition) is 1. The first-order chi connectivity index (χ1) is 15.0. The Hall–Kier alpha value is -2.31. The zero-order valence-electron chi connectivity index (χ0n) is 18.4. The highest BCUT2D eigenvalue weighted by Gasteiger charge is 2.47. The van der Waals surface area contributed by atoms with Crippen molar-refractivity contribution in [3.63, 3.8) is 0 Å². The van der Waals surface area contributed by atoms with Crippen LogP contribution in [0.15, 0.2) is 12.4 Å². The van der Waals surface area contributed by atoms with Gasteiger partial charge in [-0.25, -0.2) is 9.78 Å². The van der Waals surface area contributed by atoms with Crippen molar-refractivity contribution in [2.24, 2.45) is 11.3 Å². The Balaban J connectivity index is 0.000000451. The molecule has 2 aliphatic heterocycles.